The number of esters is 1. The molecule has 0 bridgehead atoms. The molecule has 0 unspecified atom stereocenters. The van der Waals surface area contributed by atoms with E-state index < -0.39 is 12.0 Å². The Morgan fingerprint density at radius 3 is 2.54 bits per heavy atom. The Balaban J connectivity index is 2.02. The quantitative estimate of drug-likeness (QED) is 0.289. The zero-order valence-electron chi connectivity index (χ0n) is 20.5. The minimum atomic E-state index is -0.825. The Bertz CT molecular complexity index is 1570. The second-order valence-electron chi connectivity index (χ2n) is 7.95. The number of fused-ring (bicyclic) bond motifs is 1. The fraction of sp³-hybridized carbons (Fsp3) is 0.269. The van der Waals surface area contributed by atoms with Gasteiger partial charge in [-0.2, -0.15) is 0 Å². The molecule has 0 fully saturated rings. The van der Waals surface area contributed by atoms with Gasteiger partial charge in [-0.1, -0.05) is 23.5 Å². The summed E-state index contributed by atoms with van der Waals surface area (Å²) in [5.74, 6) is 0.603. The lowest BCUT2D eigenvalue weighted by Crippen LogP contribution is -2.40. The van der Waals surface area contributed by atoms with Crippen LogP contribution in [0, 0.1) is 7.14 Å². The molecule has 3 aromatic rings. The van der Waals surface area contributed by atoms with Gasteiger partial charge in [0.2, 0.25) is 0 Å². The maximum Gasteiger partial charge on any atom is 0.338 e. The first kappa shape index (κ1) is 27.6. The van der Waals surface area contributed by atoms with Crippen LogP contribution < -0.4 is 24.4 Å². The van der Waals surface area contributed by atoms with E-state index in [1.54, 1.807) is 51.3 Å². The van der Waals surface area contributed by atoms with Crippen molar-refractivity contribution in [2.75, 3.05) is 20.3 Å². The summed E-state index contributed by atoms with van der Waals surface area (Å²) in [5.41, 5.74) is 1.80. The summed E-state index contributed by atoms with van der Waals surface area (Å²) in [7, 11) is 1.54. The standard InChI is InChI=1S/C26H24I2N2O6S/c1-5-35-23-15(8-7-9-18(23)34-4)21-20(25(33)36-6-2)13(3)29-26-30(21)24(32)19(37-26)12-14-10-16(27)22(31)17(28)11-14/h7-12,21,31H,5-6H2,1-4H3/b19-12+/t21-/m0/s1. The lowest BCUT2D eigenvalue weighted by molar-refractivity contribution is -0.139. The number of thiazole rings is 1. The lowest BCUT2D eigenvalue weighted by atomic mass is 9.94. The molecule has 1 atom stereocenters. The van der Waals surface area contributed by atoms with Gasteiger partial charge in [0.25, 0.3) is 5.56 Å². The van der Waals surface area contributed by atoms with Crippen LogP contribution in [0.25, 0.3) is 6.08 Å². The van der Waals surface area contributed by atoms with Gasteiger partial charge in [0.15, 0.2) is 16.3 Å². The zero-order chi connectivity index (χ0) is 26.9. The molecule has 0 aliphatic carbocycles. The maximum atomic E-state index is 13.9. The van der Waals surface area contributed by atoms with Crippen LogP contribution >= 0.6 is 56.5 Å². The molecule has 0 amide bonds. The third-order valence-electron chi connectivity index (χ3n) is 5.67. The van der Waals surface area contributed by atoms with Crippen molar-refractivity contribution in [3.05, 3.63) is 79.6 Å². The average Bonchev–Trinajstić information content (AvgIpc) is 3.16. The number of benzene rings is 2. The van der Waals surface area contributed by atoms with Gasteiger partial charge in [-0.05, 0) is 95.8 Å². The molecule has 0 radical (unpaired) electrons. The molecule has 0 spiro atoms. The zero-order valence-corrected chi connectivity index (χ0v) is 25.6. The van der Waals surface area contributed by atoms with E-state index in [2.05, 4.69) is 50.2 Å². The van der Waals surface area contributed by atoms with Gasteiger partial charge in [0, 0.05) is 5.56 Å². The van der Waals surface area contributed by atoms with Crippen molar-refractivity contribution in [3.63, 3.8) is 0 Å². The number of hydrogen-bond donors (Lipinski definition) is 1. The van der Waals surface area contributed by atoms with Gasteiger partial charge in [-0.15, -0.1) is 0 Å². The number of hydrogen-bond acceptors (Lipinski definition) is 8. The van der Waals surface area contributed by atoms with Crippen LogP contribution in [0.5, 0.6) is 17.2 Å². The van der Waals surface area contributed by atoms with Crippen LogP contribution in [0.3, 0.4) is 0 Å². The molecule has 1 aliphatic heterocycles. The van der Waals surface area contributed by atoms with Crippen LogP contribution in [0.2, 0.25) is 0 Å². The van der Waals surface area contributed by atoms with Crippen molar-refractivity contribution in [1.82, 2.24) is 4.57 Å². The SMILES string of the molecule is CCOC(=O)C1=C(C)N=c2s/c(=C/c3cc(I)c(O)c(I)c3)c(=O)n2[C@H]1c1cccc(OC)c1OCC. The van der Waals surface area contributed by atoms with Crippen molar-refractivity contribution in [2.45, 2.75) is 26.8 Å². The minimum absolute atomic E-state index is 0.182. The van der Waals surface area contributed by atoms with Crippen molar-refractivity contribution in [3.8, 4) is 17.2 Å². The molecule has 1 aliphatic rings. The maximum absolute atomic E-state index is 13.9. The fourth-order valence-electron chi connectivity index (χ4n) is 4.11. The molecule has 8 nitrogen and oxygen atoms in total. The number of allylic oxidation sites excluding steroid dienone is 1. The molecule has 4 rings (SSSR count). The van der Waals surface area contributed by atoms with E-state index in [9.17, 15) is 14.7 Å². The summed E-state index contributed by atoms with van der Waals surface area (Å²) in [6.45, 7) is 5.87. The van der Waals surface area contributed by atoms with Crippen LogP contribution in [0.4, 0.5) is 0 Å². The number of carbonyl (C=O) groups is 1. The number of aromatic nitrogens is 1. The van der Waals surface area contributed by atoms with E-state index in [4.69, 9.17) is 14.2 Å². The predicted octanol–water partition coefficient (Wildman–Crippen LogP) is 4.12. The third kappa shape index (κ3) is 5.30. The summed E-state index contributed by atoms with van der Waals surface area (Å²) < 4.78 is 20.2. The highest BCUT2D eigenvalue weighted by atomic mass is 127. The first-order valence-corrected chi connectivity index (χ1v) is 14.4. The van der Waals surface area contributed by atoms with E-state index in [0.717, 1.165) is 5.56 Å². The van der Waals surface area contributed by atoms with Crippen molar-refractivity contribution < 1.29 is 24.1 Å². The van der Waals surface area contributed by atoms with Gasteiger partial charge in [-0.3, -0.25) is 9.36 Å². The van der Waals surface area contributed by atoms with Gasteiger partial charge >= 0.3 is 5.97 Å². The van der Waals surface area contributed by atoms with E-state index >= 15 is 0 Å². The number of rotatable bonds is 7. The smallest absolute Gasteiger partial charge is 0.338 e. The number of nitrogens with zero attached hydrogens (tertiary/aromatic N) is 2. The number of ether oxygens (including phenoxy) is 3. The van der Waals surface area contributed by atoms with Crippen molar-refractivity contribution >= 4 is 68.6 Å². The molecule has 2 heterocycles. The highest BCUT2D eigenvalue weighted by molar-refractivity contribution is 14.1. The van der Waals surface area contributed by atoms with Gasteiger partial charge in [0.05, 0.1) is 43.3 Å². The molecule has 1 N–H and O–H groups in total. The summed E-state index contributed by atoms with van der Waals surface area (Å²) >= 11 is 5.35. The monoisotopic (exact) mass is 746 g/mol. The number of phenolic OH excluding ortho intramolecular Hbond substituents is 1. The summed E-state index contributed by atoms with van der Waals surface area (Å²) in [6.07, 6.45) is 1.77. The van der Waals surface area contributed by atoms with Crippen molar-refractivity contribution in [2.24, 2.45) is 4.99 Å². The fourth-order valence-corrected chi connectivity index (χ4v) is 6.98. The van der Waals surface area contributed by atoms with Gasteiger partial charge in [0.1, 0.15) is 11.8 Å². The molecule has 0 saturated heterocycles. The number of methoxy groups -OCH3 is 1. The van der Waals surface area contributed by atoms with Crippen LogP contribution in [0.15, 0.2) is 51.4 Å². The molecule has 2 aromatic carbocycles. The number of carbonyl (C=O) groups excluding carboxylic acids is 1. The molecule has 0 saturated carbocycles. The Hall–Kier alpha value is -2.39. The topological polar surface area (TPSA) is 99.4 Å². The van der Waals surface area contributed by atoms with E-state index in [0.29, 0.717) is 45.8 Å². The largest absolute Gasteiger partial charge is 0.506 e. The number of para-hydroxylation sites is 1. The molecular weight excluding hydrogens is 722 g/mol. The Kier molecular flexibility index (Phi) is 8.63. The van der Waals surface area contributed by atoms with Crippen LogP contribution in [-0.4, -0.2) is 36.0 Å². The van der Waals surface area contributed by atoms with E-state index in [1.165, 1.54) is 15.9 Å². The highest BCUT2D eigenvalue weighted by Gasteiger charge is 2.36. The summed E-state index contributed by atoms with van der Waals surface area (Å²) in [6, 6.07) is 8.17. The second kappa shape index (κ2) is 11.6. The summed E-state index contributed by atoms with van der Waals surface area (Å²) in [5, 5.41) is 10.1. The Morgan fingerprint density at radius 1 is 1.22 bits per heavy atom. The van der Waals surface area contributed by atoms with Crippen LogP contribution in [-0.2, 0) is 9.53 Å². The van der Waals surface area contributed by atoms with E-state index in [-0.39, 0.29) is 23.5 Å². The number of aromatic hydroxyl groups is 1. The van der Waals surface area contributed by atoms with Crippen molar-refractivity contribution in [1.29, 1.82) is 0 Å². The van der Waals surface area contributed by atoms with Crippen LogP contribution in [0.1, 0.15) is 37.9 Å². The second-order valence-corrected chi connectivity index (χ2v) is 11.3. The molecule has 194 valence electrons. The number of halogens is 2. The average molecular weight is 746 g/mol. The summed E-state index contributed by atoms with van der Waals surface area (Å²) in [4.78, 5) is 32.1. The van der Waals surface area contributed by atoms with Gasteiger partial charge in [-0.25, -0.2) is 9.79 Å². The number of phenols is 1. The van der Waals surface area contributed by atoms with Gasteiger partial charge < -0.3 is 19.3 Å². The molecule has 1 aromatic heterocycles. The lowest BCUT2D eigenvalue weighted by Gasteiger charge is -2.26. The highest BCUT2D eigenvalue weighted by Crippen LogP contribution is 2.40. The first-order valence-electron chi connectivity index (χ1n) is 11.4. The third-order valence-corrected chi connectivity index (χ3v) is 8.29. The first-order chi connectivity index (χ1) is 17.7. The predicted molar refractivity (Wildman–Crippen MR) is 158 cm³/mol. The molecular formula is C26H24I2N2O6S. The van der Waals surface area contributed by atoms with E-state index in [1.807, 2.05) is 13.0 Å². The minimum Gasteiger partial charge on any atom is -0.506 e. The Labute approximate surface area is 244 Å². The Morgan fingerprint density at radius 2 is 1.92 bits per heavy atom. The normalized spacial score (nSPS) is 15.3. The molecule has 37 heavy (non-hydrogen) atoms. The molecule has 11 heteroatoms.